The highest BCUT2D eigenvalue weighted by Crippen LogP contribution is 2.32. The van der Waals surface area contributed by atoms with E-state index in [2.05, 4.69) is 38.0 Å². The third-order valence-electron chi connectivity index (χ3n) is 4.56. The van der Waals surface area contributed by atoms with Crippen molar-refractivity contribution in [2.75, 3.05) is 6.54 Å². The van der Waals surface area contributed by atoms with Gasteiger partial charge in [0.1, 0.15) is 18.0 Å². The van der Waals surface area contributed by atoms with Crippen LogP contribution in [0, 0.1) is 23.2 Å². The molecule has 3 rings (SSSR count). The third-order valence-corrected chi connectivity index (χ3v) is 4.56. The maximum Gasteiger partial charge on any atom is 0.218 e. The Kier molecular flexibility index (Phi) is 8.07. The van der Waals surface area contributed by atoms with Crippen LogP contribution in [0.25, 0.3) is 11.4 Å². The van der Waals surface area contributed by atoms with Crippen LogP contribution in [0.15, 0.2) is 53.8 Å². The normalized spacial score (nSPS) is 11.2. The Hall–Kier alpha value is -4.27. The Bertz CT molecular complexity index is 1270. The first-order valence-corrected chi connectivity index (χ1v) is 10.5. The third kappa shape index (κ3) is 5.91. The second-order valence-electron chi connectivity index (χ2n) is 6.94. The van der Waals surface area contributed by atoms with Crippen molar-refractivity contribution in [3.05, 3.63) is 65.6 Å². The van der Waals surface area contributed by atoms with Crippen molar-refractivity contribution < 1.29 is 4.74 Å². The van der Waals surface area contributed by atoms with E-state index < -0.39 is 0 Å². The standard InChI is InChI=1S/C25H25N7O/c1-4-6-7-11-28-21(8-5-2)22-13-24(32(3)31-22)33-23-12-18(14-26)9-10-20(23)25-29-16-19(15-27)17-30-25/h5,8-10,12-13,16-17H,4,11,15,27H2,1-3H3/b8-5-,28-21?. The number of ether oxygens (including phenoxy) is 1. The highest BCUT2D eigenvalue weighted by Gasteiger charge is 2.16. The van der Waals surface area contributed by atoms with Gasteiger partial charge < -0.3 is 10.5 Å². The van der Waals surface area contributed by atoms with Crippen molar-refractivity contribution in [2.24, 2.45) is 17.8 Å². The van der Waals surface area contributed by atoms with Gasteiger partial charge in [-0.3, -0.25) is 4.99 Å². The molecule has 0 bridgehead atoms. The molecular weight excluding hydrogens is 414 g/mol. The number of rotatable bonds is 7. The van der Waals surface area contributed by atoms with Crippen molar-refractivity contribution in [1.29, 1.82) is 5.26 Å². The Morgan fingerprint density at radius 2 is 2.03 bits per heavy atom. The smallest absolute Gasteiger partial charge is 0.218 e. The first kappa shape index (κ1) is 23.4. The van der Waals surface area contributed by atoms with E-state index in [1.54, 1.807) is 48.4 Å². The molecule has 0 amide bonds. The van der Waals surface area contributed by atoms with E-state index in [9.17, 15) is 5.26 Å². The molecule has 166 valence electrons. The van der Waals surface area contributed by atoms with Gasteiger partial charge in [-0.25, -0.2) is 14.6 Å². The van der Waals surface area contributed by atoms with Crippen LogP contribution in [0.2, 0.25) is 0 Å². The Morgan fingerprint density at radius 3 is 2.70 bits per heavy atom. The lowest BCUT2D eigenvalue weighted by molar-refractivity contribution is 0.432. The van der Waals surface area contributed by atoms with E-state index in [0.29, 0.717) is 53.1 Å². The maximum atomic E-state index is 9.37. The summed E-state index contributed by atoms with van der Waals surface area (Å²) in [6.07, 6.45) is 7.92. The summed E-state index contributed by atoms with van der Waals surface area (Å²) >= 11 is 0. The SMILES string of the molecule is C/C=C\C(=NCC#CCC)c1cc(Oc2cc(C#N)ccc2-c2ncc(CN)cn2)n(C)n1. The van der Waals surface area contributed by atoms with Gasteiger partial charge in [0.15, 0.2) is 5.82 Å². The molecule has 8 heteroatoms. The highest BCUT2D eigenvalue weighted by molar-refractivity contribution is 6.07. The molecule has 0 aliphatic heterocycles. The minimum Gasteiger partial charge on any atom is -0.438 e. The second-order valence-corrected chi connectivity index (χ2v) is 6.94. The number of aliphatic imine (C=N–C) groups is 1. The van der Waals surface area contributed by atoms with E-state index in [4.69, 9.17) is 10.5 Å². The molecule has 0 fully saturated rings. The topological polar surface area (TPSA) is 115 Å². The van der Waals surface area contributed by atoms with Gasteiger partial charge in [0.25, 0.3) is 0 Å². The summed E-state index contributed by atoms with van der Waals surface area (Å²) in [7, 11) is 1.78. The molecule has 0 atom stereocenters. The Morgan fingerprint density at radius 1 is 1.24 bits per heavy atom. The largest absolute Gasteiger partial charge is 0.438 e. The van der Waals surface area contributed by atoms with Crippen LogP contribution < -0.4 is 10.5 Å². The van der Waals surface area contributed by atoms with Gasteiger partial charge in [-0.1, -0.05) is 18.9 Å². The summed E-state index contributed by atoms with van der Waals surface area (Å²) in [6.45, 7) is 4.67. The predicted octanol–water partition coefficient (Wildman–Crippen LogP) is 3.78. The van der Waals surface area contributed by atoms with Gasteiger partial charge in [0.05, 0.1) is 22.9 Å². The highest BCUT2D eigenvalue weighted by atomic mass is 16.5. The number of nitriles is 1. The summed E-state index contributed by atoms with van der Waals surface area (Å²) < 4.78 is 7.80. The fourth-order valence-electron chi connectivity index (χ4n) is 2.93. The van der Waals surface area contributed by atoms with Crippen LogP contribution in [0.5, 0.6) is 11.6 Å². The van der Waals surface area contributed by atoms with E-state index in [1.807, 2.05) is 26.0 Å². The molecule has 2 aromatic heterocycles. The number of nitrogens with two attached hydrogens (primary N) is 1. The molecule has 0 radical (unpaired) electrons. The molecule has 2 N–H and O–H groups in total. The zero-order chi connectivity index (χ0) is 23.6. The van der Waals surface area contributed by atoms with Crippen LogP contribution in [-0.4, -0.2) is 32.0 Å². The molecule has 33 heavy (non-hydrogen) atoms. The molecule has 0 spiro atoms. The summed E-state index contributed by atoms with van der Waals surface area (Å²) in [6, 6.07) is 9.06. The Balaban J connectivity index is 1.97. The van der Waals surface area contributed by atoms with Gasteiger partial charge in [0.2, 0.25) is 5.88 Å². The van der Waals surface area contributed by atoms with Gasteiger partial charge >= 0.3 is 0 Å². The molecule has 8 nitrogen and oxygen atoms in total. The zero-order valence-electron chi connectivity index (χ0n) is 18.9. The van der Waals surface area contributed by atoms with Crippen molar-refractivity contribution in [3.63, 3.8) is 0 Å². The molecule has 0 saturated carbocycles. The molecule has 1 aromatic carbocycles. The molecule has 0 saturated heterocycles. The van der Waals surface area contributed by atoms with Gasteiger partial charge in [-0.2, -0.15) is 10.4 Å². The first-order chi connectivity index (χ1) is 16.1. The predicted molar refractivity (Wildman–Crippen MR) is 128 cm³/mol. The molecular formula is C25H25N7O. The average molecular weight is 440 g/mol. The fourth-order valence-corrected chi connectivity index (χ4v) is 2.93. The number of hydrogen-bond acceptors (Lipinski definition) is 7. The number of nitrogens with zero attached hydrogens (tertiary/aromatic N) is 6. The number of aryl methyl sites for hydroxylation is 1. The zero-order valence-corrected chi connectivity index (χ0v) is 18.9. The van der Waals surface area contributed by atoms with Crippen LogP contribution in [0.4, 0.5) is 0 Å². The summed E-state index contributed by atoms with van der Waals surface area (Å²) in [4.78, 5) is 13.3. The van der Waals surface area contributed by atoms with Crippen molar-refractivity contribution in [2.45, 2.75) is 26.8 Å². The molecule has 3 aromatic rings. The summed E-state index contributed by atoms with van der Waals surface area (Å²) in [5.74, 6) is 7.42. The van der Waals surface area contributed by atoms with Gasteiger partial charge in [0, 0.05) is 44.0 Å². The van der Waals surface area contributed by atoms with Crippen molar-refractivity contribution >= 4 is 5.71 Å². The monoisotopic (exact) mass is 439 g/mol. The number of allylic oxidation sites excluding steroid dienone is 2. The van der Waals surface area contributed by atoms with E-state index in [1.165, 1.54) is 0 Å². The van der Waals surface area contributed by atoms with E-state index in [-0.39, 0.29) is 0 Å². The number of aromatic nitrogens is 4. The fraction of sp³-hybridized carbons (Fsp3) is 0.240. The number of hydrogen-bond donors (Lipinski definition) is 1. The minimum absolute atomic E-state index is 0.356. The Labute approximate surface area is 193 Å². The van der Waals surface area contributed by atoms with E-state index >= 15 is 0 Å². The van der Waals surface area contributed by atoms with Crippen molar-refractivity contribution in [1.82, 2.24) is 19.7 Å². The second kappa shape index (κ2) is 11.4. The number of benzene rings is 1. The molecule has 0 aliphatic rings. The average Bonchev–Trinajstić information content (AvgIpc) is 3.21. The lowest BCUT2D eigenvalue weighted by Gasteiger charge is -2.11. The van der Waals surface area contributed by atoms with Crippen molar-refractivity contribution in [3.8, 4) is 40.9 Å². The van der Waals surface area contributed by atoms with Crippen LogP contribution >= 0.6 is 0 Å². The van der Waals surface area contributed by atoms with Crippen LogP contribution in [0.3, 0.4) is 0 Å². The molecule has 0 aliphatic carbocycles. The summed E-state index contributed by atoms with van der Waals surface area (Å²) in [5.41, 5.74) is 8.95. The quantitative estimate of drug-likeness (QED) is 0.442. The van der Waals surface area contributed by atoms with Gasteiger partial charge in [-0.15, -0.1) is 5.92 Å². The molecule has 2 heterocycles. The lowest BCUT2D eigenvalue weighted by atomic mass is 10.1. The molecule has 0 unspecified atom stereocenters. The minimum atomic E-state index is 0.356. The van der Waals surface area contributed by atoms with Crippen LogP contribution in [0.1, 0.15) is 37.1 Å². The first-order valence-electron chi connectivity index (χ1n) is 10.5. The maximum absolute atomic E-state index is 9.37. The van der Waals surface area contributed by atoms with Crippen LogP contribution in [-0.2, 0) is 13.6 Å². The van der Waals surface area contributed by atoms with Gasteiger partial charge in [-0.05, 0) is 31.2 Å². The lowest BCUT2D eigenvalue weighted by Crippen LogP contribution is -2.02. The van der Waals surface area contributed by atoms with E-state index in [0.717, 1.165) is 12.0 Å². The summed E-state index contributed by atoms with van der Waals surface area (Å²) in [5, 5.41) is 13.9.